The summed E-state index contributed by atoms with van der Waals surface area (Å²) < 4.78 is 1.63. The number of carbonyl (C=O) groups excluding carboxylic acids is 1. The van der Waals surface area contributed by atoms with Gasteiger partial charge in [-0.15, -0.1) is 0 Å². The quantitative estimate of drug-likeness (QED) is 0.740. The van der Waals surface area contributed by atoms with Gasteiger partial charge in [-0.1, -0.05) is 42.5 Å². The smallest absolute Gasteiger partial charge is 0.276 e. The average molecular weight is 332 g/mol. The number of aryl methyl sites for hydroxylation is 1. The van der Waals surface area contributed by atoms with E-state index in [4.69, 9.17) is 0 Å². The van der Waals surface area contributed by atoms with Crippen molar-refractivity contribution in [1.82, 2.24) is 9.78 Å². The van der Waals surface area contributed by atoms with Crippen LogP contribution in [-0.4, -0.2) is 28.8 Å². The van der Waals surface area contributed by atoms with Gasteiger partial charge in [-0.3, -0.25) is 9.48 Å². The number of para-hydroxylation sites is 2. The molecule has 0 atom stereocenters. The standard InChI is InChI=1S/C20H20N4O/c1-22-19(11-12-21-22)20(25)24-14-13-23(15-16-7-3-2-4-8-16)17-9-5-6-10-18(17)24/h2-12H,13-15H2,1H3. The van der Waals surface area contributed by atoms with E-state index in [0.717, 1.165) is 24.5 Å². The molecule has 5 nitrogen and oxygen atoms in total. The maximum absolute atomic E-state index is 13.0. The van der Waals surface area contributed by atoms with Crippen molar-refractivity contribution in [1.29, 1.82) is 0 Å². The summed E-state index contributed by atoms with van der Waals surface area (Å²) in [6.45, 7) is 2.30. The predicted molar refractivity (Wildman–Crippen MR) is 98.8 cm³/mol. The molecule has 0 bridgehead atoms. The van der Waals surface area contributed by atoms with Crippen molar-refractivity contribution < 1.29 is 4.79 Å². The zero-order chi connectivity index (χ0) is 17.2. The third-order valence-corrected chi connectivity index (χ3v) is 4.61. The summed E-state index contributed by atoms with van der Waals surface area (Å²) in [6.07, 6.45) is 1.66. The van der Waals surface area contributed by atoms with Crippen LogP contribution < -0.4 is 9.80 Å². The summed E-state index contributed by atoms with van der Waals surface area (Å²) in [4.78, 5) is 17.1. The molecule has 3 aromatic rings. The Balaban J connectivity index is 1.65. The topological polar surface area (TPSA) is 41.4 Å². The van der Waals surface area contributed by atoms with E-state index in [1.165, 1.54) is 5.56 Å². The van der Waals surface area contributed by atoms with Crippen LogP contribution in [0.4, 0.5) is 11.4 Å². The second-order valence-electron chi connectivity index (χ2n) is 6.19. The molecule has 0 radical (unpaired) electrons. The highest BCUT2D eigenvalue weighted by Gasteiger charge is 2.28. The monoisotopic (exact) mass is 332 g/mol. The molecule has 0 N–H and O–H groups in total. The number of amides is 1. The van der Waals surface area contributed by atoms with Gasteiger partial charge in [0.2, 0.25) is 0 Å². The van der Waals surface area contributed by atoms with Crippen molar-refractivity contribution in [2.24, 2.45) is 7.05 Å². The molecule has 5 heteroatoms. The third-order valence-electron chi connectivity index (χ3n) is 4.61. The number of aromatic nitrogens is 2. The highest BCUT2D eigenvalue weighted by atomic mass is 16.2. The molecule has 0 spiro atoms. The van der Waals surface area contributed by atoms with Crippen molar-refractivity contribution in [3.8, 4) is 0 Å². The second-order valence-corrected chi connectivity index (χ2v) is 6.19. The lowest BCUT2D eigenvalue weighted by Crippen LogP contribution is -2.44. The van der Waals surface area contributed by atoms with Crippen molar-refractivity contribution in [3.05, 3.63) is 78.1 Å². The molecular weight excluding hydrogens is 312 g/mol. The van der Waals surface area contributed by atoms with Crippen LogP contribution in [0.1, 0.15) is 16.1 Å². The Kier molecular flexibility index (Phi) is 3.98. The Morgan fingerprint density at radius 2 is 1.68 bits per heavy atom. The molecule has 0 saturated heterocycles. The average Bonchev–Trinajstić information content (AvgIpc) is 3.08. The fourth-order valence-electron chi connectivity index (χ4n) is 3.32. The zero-order valence-corrected chi connectivity index (χ0v) is 14.2. The highest BCUT2D eigenvalue weighted by Crippen LogP contribution is 2.34. The van der Waals surface area contributed by atoms with Gasteiger partial charge in [0.05, 0.1) is 11.4 Å². The van der Waals surface area contributed by atoms with E-state index < -0.39 is 0 Å². The minimum atomic E-state index is -0.00758. The van der Waals surface area contributed by atoms with Crippen LogP contribution in [0, 0.1) is 0 Å². The van der Waals surface area contributed by atoms with E-state index in [9.17, 15) is 4.79 Å². The molecule has 2 aromatic carbocycles. The van der Waals surface area contributed by atoms with Crippen LogP contribution in [0.3, 0.4) is 0 Å². The Labute approximate surface area is 147 Å². The van der Waals surface area contributed by atoms with Gasteiger partial charge in [-0.2, -0.15) is 5.10 Å². The first-order chi connectivity index (χ1) is 12.2. The first kappa shape index (κ1) is 15.4. The fourth-order valence-corrected chi connectivity index (χ4v) is 3.32. The molecule has 4 rings (SSSR count). The number of fused-ring (bicyclic) bond motifs is 1. The largest absolute Gasteiger partial charge is 0.364 e. The van der Waals surface area contributed by atoms with Crippen molar-refractivity contribution in [2.45, 2.75) is 6.54 Å². The molecule has 0 fully saturated rings. The molecule has 0 aliphatic carbocycles. The highest BCUT2D eigenvalue weighted by molar-refractivity contribution is 6.07. The Bertz CT molecular complexity index is 887. The summed E-state index contributed by atoms with van der Waals surface area (Å²) in [5, 5.41) is 4.12. The number of nitrogens with zero attached hydrogens (tertiary/aromatic N) is 4. The van der Waals surface area contributed by atoms with E-state index in [0.29, 0.717) is 12.2 Å². The van der Waals surface area contributed by atoms with Gasteiger partial charge in [0, 0.05) is 32.9 Å². The number of rotatable bonds is 3. The Hall–Kier alpha value is -3.08. The molecule has 1 amide bonds. The van der Waals surface area contributed by atoms with Crippen LogP contribution in [0.25, 0.3) is 0 Å². The van der Waals surface area contributed by atoms with Crippen molar-refractivity contribution >= 4 is 17.3 Å². The van der Waals surface area contributed by atoms with Gasteiger partial charge in [0.1, 0.15) is 5.69 Å². The summed E-state index contributed by atoms with van der Waals surface area (Å²) in [5.74, 6) is -0.00758. The maximum Gasteiger partial charge on any atom is 0.276 e. The number of benzene rings is 2. The molecule has 2 heterocycles. The molecule has 1 aromatic heterocycles. The van der Waals surface area contributed by atoms with Gasteiger partial charge in [-0.05, 0) is 23.8 Å². The van der Waals surface area contributed by atoms with Crippen LogP contribution in [0.5, 0.6) is 0 Å². The fraction of sp³-hybridized carbons (Fsp3) is 0.200. The van der Waals surface area contributed by atoms with E-state index >= 15 is 0 Å². The van der Waals surface area contributed by atoms with Crippen LogP contribution >= 0.6 is 0 Å². The molecule has 25 heavy (non-hydrogen) atoms. The minimum absolute atomic E-state index is 0.00758. The summed E-state index contributed by atoms with van der Waals surface area (Å²) in [6, 6.07) is 20.3. The lowest BCUT2D eigenvalue weighted by molar-refractivity contribution is 0.0977. The van der Waals surface area contributed by atoms with E-state index in [1.54, 1.807) is 24.0 Å². The van der Waals surface area contributed by atoms with Gasteiger partial charge in [0.15, 0.2) is 0 Å². The molecule has 0 saturated carbocycles. The molecule has 1 aliphatic rings. The van der Waals surface area contributed by atoms with Gasteiger partial charge in [-0.25, -0.2) is 0 Å². The predicted octanol–water partition coefficient (Wildman–Crippen LogP) is 3.09. The van der Waals surface area contributed by atoms with Gasteiger partial charge in [0.25, 0.3) is 5.91 Å². The normalized spacial score (nSPS) is 13.6. The van der Waals surface area contributed by atoms with Crippen molar-refractivity contribution in [3.63, 3.8) is 0 Å². The zero-order valence-electron chi connectivity index (χ0n) is 14.2. The third kappa shape index (κ3) is 2.89. The first-order valence-electron chi connectivity index (χ1n) is 8.42. The van der Waals surface area contributed by atoms with E-state index in [1.807, 2.05) is 29.2 Å². The van der Waals surface area contributed by atoms with E-state index in [-0.39, 0.29) is 5.91 Å². The van der Waals surface area contributed by atoms with E-state index in [2.05, 4.69) is 40.3 Å². The first-order valence-corrected chi connectivity index (χ1v) is 8.42. The lowest BCUT2D eigenvalue weighted by Gasteiger charge is -2.37. The number of carbonyl (C=O) groups is 1. The maximum atomic E-state index is 13.0. The van der Waals surface area contributed by atoms with Gasteiger partial charge < -0.3 is 9.80 Å². The molecule has 1 aliphatic heterocycles. The minimum Gasteiger partial charge on any atom is -0.364 e. The van der Waals surface area contributed by atoms with Crippen LogP contribution in [0.2, 0.25) is 0 Å². The van der Waals surface area contributed by atoms with Gasteiger partial charge >= 0.3 is 0 Å². The lowest BCUT2D eigenvalue weighted by atomic mass is 10.1. The SMILES string of the molecule is Cn1nccc1C(=O)N1CCN(Cc2ccccc2)c2ccccc21. The second kappa shape index (κ2) is 6.43. The Morgan fingerprint density at radius 1 is 0.960 bits per heavy atom. The summed E-state index contributed by atoms with van der Waals surface area (Å²) in [5.41, 5.74) is 3.92. The summed E-state index contributed by atoms with van der Waals surface area (Å²) in [7, 11) is 1.80. The molecule has 0 unspecified atom stereocenters. The number of hydrogen-bond acceptors (Lipinski definition) is 3. The van der Waals surface area contributed by atoms with Crippen LogP contribution in [0.15, 0.2) is 66.9 Å². The molecule has 126 valence electrons. The summed E-state index contributed by atoms with van der Waals surface area (Å²) >= 11 is 0. The van der Waals surface area contributed by atoms with Crippen LogP contribution in [-0.2, 0) is 13.6 Å². The molecular formula is C20H20N4O. The number of anilines is 2. The Morgan fingerprint density at radius 3 is 2.40 bits per heavy atom. The number of hydrogen-bond donors (Lipinski definition) is 0. The van der Waals surface area contributed by atoms with Crippen molar-refractivity contribution in [2.75, 3.05) is 22.9 Å².